The second kappa shape index (κ2) is 8.29. The van der Waals surface area contributed by atoms with Crippen LogP contribution in [0.15, 0.2) is 54.6 Å². The Bertz CT molecular complexity index is 901. The van der Waals surface area contributed by atoms with E-state index in [2.05, 4.69) is 42.2 Å². The van der Waals surface area contributed by atoms with Crippen LogP contribution in [0.3, 0.4) is 0 Å². The first-order chi connectivity index (χ1) is 13.6. The Balaban J connectivity index is 1.33. The predicted molar refractivity (Wildman–Crippen MR) is 115 cm³/mol. The quantitative estimate of drug-likeness (QED) is 0.720. The zero-order chi connectivity index (χ0) is 19.5. The third-order valence-corrected chi connectivity index (χ3v) is 6.84. The van der Waals surface area contributed by atoms with Crippen molar-refractivity contribution in [2.75, 3.05) is 44.7 Å². The van der Waals surface area contributed by atoms with Gasteiger partial charge in [-0.25, -0.2) is 4.98 Å². The van der Waals surface area contributed by atoms with Gasteiger partial charge in [0, 0.05) is 12.7 Å². The molecule has 2 heterocycles. The highest BCUT2D eigenvalue weighted by Gasteiger charge is 2.27. The molecule has 1 aromatic heterocycles. The molecule has 3 aromatic rings. The summed E-state index contributed by atoms with van der Waals surface area (Å²) in [6, 6.07) is 18.7. The molecular formula is C22H27N4OS+. The Hall–Kier alpha value is -2.44. The van der Waals surface area contributed by atoms with Gasteiger partial charge in [-0.3, -0.25) is 4.79 Å². The molecule has 0 unspecified atom stereocenters. The van der Waals surface area contributed by atoms with Crippen molar-refractivity contribution in [1.29, 1.82) is 0 Å². The summed E-state index contributed by atoms with van der Waals surface area (Å²) in [4.78, 5) is 23.2. The van der Waals surface area contributed by atoms with E-state index in [9.17, 15) is 4.79 Å². The summed E-state index contributed by atoms with van der Waals surface area (Å²) in [6.45, 7) is 6.58. The number of anilines is 1. The lowest BCUT2D eigenvalue weighted by atomic mass is 10.2. The number of nitrogens with zero attached hydrogens (tertiary/aromatic N) is 3. The van der Waals surface area contributed by atoms with Crippen molar-refractivity contribution in [2.45, 2.75) is 13.0 Å². The van der Waals surface area contributed by atoms with Crippen LogP contribution < -0.4 is 9.80 Å². The molecule has 2 aromatic carbocycles. The molecule has 0 aliphatic carbocycles. The lowest BCUT2D eigenvalue weighted by Crippen LogP contribution is -3.15. The first kappa shape index (κ1) is 18.9. The minimum atomic E-state index is -0.00472. The van der Waals surface area contributed by atoms with E-state index in [-0.39, 0.29) is 11.9 Å². The van der Waals surface area contributed by atoms with E-state index < -0.39 is 0 Å². The van der Waals surface area contributed by atoms with Gasteiger partial charge in [-0.1, -0.05) is 30.3 Å². The largest absolute Gasteiger partial charge is 0.360 e. The van der Waals surface area contributed by atoms with Crippen molar-refractivity contribution in [2.24, 2.45) is 0 Å². The molecule has 1 amide bonds. The number of piperazine rings is 1. The molecule has 1 aliphatic heterocycles. The first-order valence-electron chi connectivity index (χ1n) is 9.86. The Labute approximate surface area is 170 Å². The maximum absolute atomic E-state index is 12.9. The van der Waals surface area contributed by atoms with Gasteiger partial charge < -0.3 is 14.7 Å². The standard InChI is InChI=1S/C22H26N4OS/c1-17(22-23-19-10-6-7-11-20(19)28-22)24(2)21(27)16-25-12-14-26(15-13-25)18-8-4-3-5-9-18/h3-11,17H,12-16H2,1-2H3/p+1/t17-/m1/s1. The van der Waals surface area contributed by atoms with Crippen molar-refractivity contribution >= 4 is 33.1 Å². The molecular weight excluding hydrogens is 368 g/mol. The van der Waals surface area contributed by atoms with E-state index in [1.54, 1.807) is 11.3 Å². The maximum atomic E-state index is 12.9. The van der Waals surface area contributed by atoms with Crippen LogP contribution in [0.1, 0.15) is 18.0 Å². The normalized spacial score (nSPS) is 16.3. The fourth-order valence-electron chi connectivity index (χ4n) is 3.69. The number of para-hydroxylation sites is 2. The lowest BCUT2D eigenvalue weighted by Gasteiger charge is -2.34. The Kier molecular flexibility index (Phi) is 5.59. The van der Waals surface area contributed by atoms with Gasteiger partial charge >= 0.3 is 0 Å². The minimum absolute atomic E-state index is 0.00472. The van der Waals surface area contributed by atoms with E-state index in [1.165, 1.54) is 15.3 Å². The number of rotatable bonds is 5. The van der Waals surface area contributed by atoms with Gasteiger partial charge in [0.25, 0.3) is 5.91 Å². The molecule has 1 saturated heterocycles. The topological polar surface area (TPSA) is 40.9 Å². The molecule has 0 spiro atoms. The zero-order valence-electron chi connectivity index (χ0n) is 16.5. The van der Waals surface area contributed by atoms with Crippen LogP contribution in [0, 0.1) is 0 Å². The molecule has 1 fully saturated rings. The molecule has 6 heteroatoms. The van der Waals surface area contributed by atoms with Crippen LogP contribution in [-0.4, -0.2) is 55.6 Å². The van der Waals surface area contributed by atoms with Gasteiger partial charge in [-0.05, 0) is 31.2 Å². The van der Waals surface area contributed by atoms with E-state index in [0.29, 0.717) is 6.54 Å². The summed E-state index contributed by atoms with van der Waals surface area (Å²) in [5.74, 6) is 0.190. The van der Waals surface area contributed by atoms with Gasteiger partial charge in [0.05, 0.1) is 42.4 Å². The van der Waals surface area contributed by atoms with Crippen molar-refractivity contribution in [1.82, 2.24) is 9.88 Å². The number of hydrogen-bond acceptors (Lipinski definition) is 4. The number of carbonyl (C=O) groups excluding carboxylic acids is 1. The lowest BCUT2D eigenvalue weighted by molar-refractivity contribution is -0.892. The summed E-state index contributed by atoms with van der Waals surface area (Å²) < 4.78 is 1.17. The summed E-state index contributed by atoms with van der Waals surface area (Å²) in [5, 5.41) is 1.00. The summed E-state index contributed by atoms with van der Waals surface area (Å²) in [7, 11) is 1.90. The Morgan fingerprint density at radius 2 is 1.82 bits per heavy atom. The monoisotopic (exact) mass is 395 g/mol. The third kappa shape index (κ3) is 4.03. The van der Waals surface area contributed by atoms with Crippen LogP contribution in [0.4, 0.5) is 5.69 Å². The van der Waals surface area contributed by atoms with Gasteiger partial charge in [0.15, 0.2) is 6.54 Å². The second-order valence-electron chi connectivity index (χ2n) is 7.45. The van der Waals surface area contributed by atoms with E-state index in [1.807, 2.05) is 36.2 Å². The molecule has 1 atom stereocenters. The fourth-order valence-corrected chi connectivity index (χ4v) is 4.75. The number of hydrogen-bond donors (Lipinski definition) is 1. The highest BCUT2D eigenvalue weighted by Crippen LogP contribution is 2.28. The van der Waals surface area contributed by atoms with E-state index in [0.717, 1.165) is 36.7 Å². The number of thiazole rings is 1. The van der Waals surface area contributed by atoms with Crippen molar-refractivity contribution in [3.8, 4) is 0 Å². The molecule has 146 valence electrons. The van der Waals surface area contributed by atoms with Crippen LogP contribution >= 0.6 is 11.3 Å². The third-order valence-electron chi connectivity index (χ3n) is 5.64. The van der Waals surface area contributed by atoms with E-state index in [4.69, 9.17) is 4.98 Å². The first-order valence-corrected chi connectivity index (χ1v) is 10.7. The Morgan fingerprint density at radius 3 is 2.54 bits per heavy atom. The number of benzene rings is 2. The zero-order valence-corrected chi connectivity index (χ0v) is 17.3. The predicted octanol–water partition coefficient (Wildman–Crippen LogP) is 2.22. The second-order valence-corrected chi connectivity index (χ2v) is 8.51. The molecule has 28 heavy (non-hydrogen) atoms. The average molecular weight is 396 g/mol. The van der Waals surface area contributed by atoms with E-state index >= 15 is 0 Å². The molecule has 0 saturated carbocycles. The Morgan fingerprint density at radius 1 is 1.14 bits per heavy atom. The van der Waals surface area contributed by atoms with Crippen LogP contribution in [-0.2, 0) is 4.79 Å². The molecule has 4 rings (SSSR count). The molecule has 0 radical (unpaired) electrons. The van der Waals surface area contributed by atoms with Crippen molar-refractivity contribution in [3.63, 3.8) is 0 Å². The summed E-state index contributed by atoms with van der Waals surface area (Å²) >= 11 is 1.68. The van der Waals surface area contributed by atoms with Gasteiger partial charge in [0.2, 0.25) is 0 Å². The number of amides is 1. The highest BCUT2D eigenvalue weighted by molar-refractivity contribution is 7.18. The maximum Gasteiger partial charge on any atom is 0.278 e. The molecule has 1 N–H and O–H groups in total. The number of carbonyl (C=O) groups is 1. The SMILES string of the molecule is C[C@H](c1nc2ccccc2s1)N(C)C(=O)C[NH+]1CCN(c2ccccc2)CC1. The van der Waals surface area contributed by atoms with Gasteiger partial charge in [0.1, 0.15) is 5.01 Å². The van der Waals surface area contributed by atoms with Gasteiger partial charge in [-0.15, -0.1) is 11.3 Å². The van der Waals surface area contributed by atoms with Crippen LogP contribution in [0.25, 0.3) is 10.2 Å². The molecule has 1 aliphatic rings. The number of fused-ring (bicyclic) bond motifs is 1. The highest BCUT2D eigenvalue weighted by atomic mass is 32.1. The number of nitrogens with one attached hydrogen (secondary N) is 1. The molecule has 5 nitrogen and oxygen atoms in total. The van der Waals surface area contributed by atoms with Crippen molar-refractivity contribution < 1.29 is 9.69 Å². The summed E-state index contributed by atoms with van der Waals surface area (Å²) in [6.07, 6.45) is 0. The van der Waals surface area contributed by atoms with Crippen LogP contribution in [0.2, 0.25) is 0 Å². The fraction of sp³-hybridized carbons (Fsp3) is 0.364. The number of quaternary nitrogens is 1. The summed E-state index contributed by atoms with van der Waals surface area (Å²) in [5.41, 5.74) is 2.28. The smallest absolute Gasteiger partial charge is 0.278 e. The number of likely N-dealkylation sites (N-methyl/N-ethyl adjacent to an activating group) is 1. The van der Waals surface area contributed by atoms with Gasteiger partial charge in [-0.2, -0.15) is 0 Å². The van der Waals surface area contributed by atoms with Crippen LogP contribution in [0.5, 0.6) is 0 Å². The average Bonchev–Trinajstić information content (AvgIpc) is 3.18. The minimum Gasteiger partial charge on any atom is -0.360 e. The molecule has 0 bridgehead atoms. The number of aromatic nitrogens is 1. The van der Waals surface area contributed by atoms with Crippen molar-refractivity contribution in [3.05, 3.63) is 59.6 Å².